The lowest BCUT2D eigenvalue weighted by atomic mass is 9.85. The third-order valence-corrected chi connectivity index (χ3v) is 11.3. The van der Waals surface area contributed by atoms with Gasteiger partial charge in [-0.05, 0) is 76.5 Å². The molecule has 25 heteroatoms. The van der Waals surface area contributed by atoms with Gasteiger partial charge in [0.25, 0.3) is 0 Å². The van der Waals surface area contributed by atoms with E-state index in [0.717, 1.165) is 18.4 Å². The average molecular weight is 1110 g/mol. The van der Waals surface area contributed by atoms with Crippen LogP contribution in [-0.4, -0.2) is 174 Å². The molecule has 9 N–H and O–H groups in total. The summed E-state index contributed by atoms with van der Waals surface area (Å²) in [5, 5.41) is 21.7. The summed E-state index contributed by atoms with van der Waals surface area (Å²) in [6, 6.07) is 3.51. The molecule has 0 bridgehead atoms. The zero-order valence-corrected chi connectivity index (χ0v) is 47.3. The number of ether oxygens (including phenoxy) is 8. The predicted molar refractivity (Wildman–Crippen MR) is 288 cm³/mol. The Bertz CT molecular complexity index is 2060. The maximum Gasteiger partial charge on any atom is 0.312 e. The van der Waals surface area contributed by atoms with E-state index >= 15 is 0 Å². The minimum atomic E-state index is -1.03. The summed E-state index contributed by atoms with van der Waals surface area (Å²) < 4.78 is 45.8. The highest BCUT2D eigenvalue weighted by atomic mass is 16.6. The lowest BCUT2D eigenvalue weighted by molar-refractivity contribution is -0.154. The number of unbranched alkanes of at least 4 members (excludes halogenated alkanes) is 1. The Hall–Kier alpha value is -5.67. The van der Waals surface area contributed by atoms with Crippen LogP contribution in [0, 0.1) is 16.7 Å². The van der Waals surface area contributed by atoms with Crippen molar-refractivity contribution in [1.82, 2.24) is 36.3 Å². The third kappa shape index (κ3) is 32.3. The van der Waals surface area contributed by atoms with E-state index in [1.165, 1.54) is 0 Å². The minimum Gasteiger partial charge on any atom is -0.460 e. The van der Waals surface area contributed by atoms with Crippen LogP contribution in [0.15, 0.2) is 30.5 Å². The molecule has 0 fully saturated rings. The molecule has 0 aliphatic rings. The summed E-state index contributed by atoms with van der Waals surface area (Å²) in [5.41, 5.74) is 11.9. The van der Waals surface area contributed by atoms with E-state index in [9.17, 15) is 33.6 Å². The molecule has 0 spiro atoms. The molecule has 2 aromatic rings. The average Bonchev–Trinajstić information content (AvgIpc) is 3.84. The number of Topliss-reactive ketones (excluding diaryl/α,β-unsaturated/α-hetero) is 1. The van der Waals surface area contributed by atoms with Gasteiger partial charge < -0.3 is 75.9 Å². The van der Waals surface area contributed by atoms with Crippen molar-refractivity contribution in [3.8, 4) is 0 Å². The number of rotatable bonds is 43. The molecule has 25 nitrogen and oxygen atoms in total. The fourth-order valence-corrected chi connectivity index (χ4v) is 6.85. The van der Waals surface area contributed by atoms with Gasteiger partial charge in [0.2, 0.25) is 23.6 Å². The largest absolute Gasteiger partial charge is 0.460 e. The molecule has 0 radical (unpaired) electrons. The van der Waals surface area contributed by atoms with Gasteiger partial charge in [0.1, 0.15) is 31.0 Å². The zero-order valence-electron chi connectivity index (χ0n) is 47.3. The monoisotopic (exact) mass is 1110 g/mol. The van der Waals surface area contributed by atoms with Gasteiger partial charge in [-0.2, -0.15) is 0 Å². The Kier molecular flexibility index (Phi) is 34.1. The van der Waals surface area contributed by atoms with E-state index in [4.69, 9.17) is 49.4 Å². The fraction of sp³-hybridized carbons (Fsp3) is 0.717. The Morgan fingerprint density at radius 2 is 1.21 bits per heavy atom. The number of esters is 1. The molecule has 3 atom stereocenters. The van der Waals surface area contributed by atoms with Gasteiger partial charge in [-0.15, -0.1) is 5.10 Å². The zero-order chi connectivity index (χ0) is 57.8. The molecular formula is C53H90N10O15. The third-order valence-electron chi connectivity index (χ3n) is 11.3. The number of benzene rings is 1. The van der Waals surface area contributed by atoms with Crippen LogP contribution in [0.3, 0.4) is 0 Å². The number of aromatic nitrogens is 3. The molecule has 1 aromatic carbocycles. The van der Waals surface area contributed by atoms with E-state index in [0.29, 0.717) is 90.2 Å². The second-order valence-electron chi connectivity index (χ2n) is 20.8. The summed E-state index contributed by atoms with van der Waals surface area (Å²) in [6.07, 6.45) is 4.63. The van der Waals surface area contributed by atoms with Crippen molar-refractivity contribution >= 4 is 47.1 Å². The molecule has 1 aromatic heterocycles. The minimum absolute atomic E-state index is 0.0510. The predicted octanol–water partition coefficient (Wildman–Crippen LogP) is 2.32. The van der Waals surface area contributed by atoms with Gasteiger partial charge in [-0.3, -0.25) is 28.8 Å². The van der Waals surface area contributed by atoms with Crippen LogP contribution in [-0.2, 0) is 86.4 Å². The van der Waals surface area contributed by atoms with Gasteiger partial charge in [0.15, 0.2) is 5.78 Å². The van der Waals surface area contributed by atoms with Crippen molar-refractivity contribution in [3.05, 3.63) is 41.7 Å². The van der Waals surface area contributed by atoms with Crippen LogP contribution < -0.4 is 38.1 Å². The summed E-state index contributed by atoms with van der Waals surface area (Å²) in [6.45, 7) is 19.5. The number of urea groups is 1. The number of primary amides is 1. The number of carbonyl (C=O) groups is 7. The number of carbonyl (C=O) groups excluding carboxylic acids is 7. The molecule has 0 saturated heterocycles. The first-order valence-electron chi connectivity index (χ1n) is 26.8. The Balaban J connectivity index is 1.52. The number of nitrogens with zero attached hydrogens (tertiary/aromatic N) is 3. The quantitative estimate of drug-likeness (QED) is 0.0370. The van der Waals surface area contributed by atoms with Crippen molar-refractivity contribution < 1.29 is 71.5 Å². The number of hydrogen-bond acceptors (Lipinski definition) is 18. The Morgan fingerprint density at radius 3 is 1.79 bits per heavy atom. The summed E-state index contributed by atoms with van der Waals surface area (Å²) in [7, 11) is 0. The highest BCUT2D eigenvalue weighted by Gasteiger charge is 2.30. The molecule has 2 rings (SSSR count). The smallest absolute Gasteiger partial charge is 0.312 e. The van der Waals surface area contributed by atoms with Crippen molar-refractivity contribution in [2.45, 2.75) is 132 Å². The summed E-state index contributed by atoms with van der Waals surface area (Å²) in [5.74, 6) is -2.35. The van der Waals surface area contributed by atoms with Gasteiger partial charge in [-0.1, -0.05) is 52.0 Å². The topological polar surface area (TPSA) is 336 Å². The van der Waals surface area contributed by atoms with Crippen LogP contribution in [0.4, 0.5) is 10.5 Å². The molecule has 0 aliphatic heterocycles. The molecular weight excluding hydrogens is 1020 g/mol. The lowest BCUT2D eigenvalue weighted by Crippen LogP contribution is -2.55. The van der Waals surface area contributed by atoms with Crippen LogP contribution in [0.1, 0.15) is 105 Å². The standard InChI is InChI=1S/C53H90N10O15/c1-38(2)46(49(68)59-43(13-11-20-57-51(55)70)48(67)58-40-16-14-39(15-17-40)35-78-50(69)53(6,7)8)60-45(65)37-77-33-31-75-30-32-76-36-41-34-63(62-61-41)21-23-72-25-27-74-29-28-73-26-24-71-22-18-44(64)56-19-10-9-12-42(54)47(66)52(3,4)5/h14-17,34,38,42-43,46H,9-13,18-33,35-37,54H2,1-8H3,(H,56,64)(H,58,67)(H,59,68)(H,60,65)(H3,55,57,70)/t42-,43+,46?/m1/s1. The highest BCUT2D eigenvalue weighted by Crippen LogP contribution is 2.19. The van der Waals surface area contributed by atoms with Gasteiger partial charge >= 0.3 is 12.0 Å². The van der Waals surface area contributed by atoms with E-state index < -0.39 is 52.7 Å². The number of nitrogens with two attached hydrogens (primary N) is 2. The summed E-state index contributed by atoms with van der Waals surface area (Å²) >= 11 is 0. The van der Waals surface area contributed by atoms with Crippen molar-refractivity contribution in [3.63, 3.8) is 0 Å². The fourth-order valence-electron chi connectivity index (χ4n) is 6.85. The van der Waals surface area contributed by atoms with Gasteiger partial charge in [0.05, 0.1) is 110 Å². The summed E-state index contributed by atoms with van der Waals surface area (Å²) in [4.78, 5) is 87.3. The molecule has 78 heavy (non-hydrogen) atoms. The first-order valence-corrected chi connectivity index (χ1v) is 26.8. The van der Waals surface area contributed by atoms with Gasteiger partial charge in [-0.25, -0.2) is 9.48 Å². The highest BCUT2D eigenvalue weighted by molar-refractivity contribution is 5.98. The second-order valence-corrected chi connectivity index (χ2v) is 20.8. The Morgan fingerprint density at radius 1 is 0.628 bits per heavy atom. The molecule has 0 aliphatic carbocycles. The van der Waals surface area contributed by atoms with Crippen molar-refractivity contribution in [2.75, 3.05) is 104 Å². The van der Waals surface area contributed by atoms with Crippen LogP contribution in [0.25, 0.3) is 0 Å². The maximum absolute atomic E-state index is 13.5. The van der Waals surface area contributed by atoms with E-state index in [1.807, 2.05) is 20.8 Å². The van der Waals surface area contributed by atoms with E-state index in [2.05, 4.69) is 36.9 Å². The Labute approximate surface area is 459 Å². The molecule has 0 saturated carbocycles. The molecule has 1 heterocycles. The SMILES string of the molecule is CC(C)C(NC(=O)COCCOCCOCc1cn(CCOCCOCCOCCOCCC(=O)NCCCC[C@@H](N)C(=O)C(C)(C)C)nn1)C(=O)N[C@@H](CCCNC(N)=O)C(=O)Nc1ccc(COC(=O)C(C)(C)C)cc1. The van der Waals surface area contributed by atoms with Crippen LogP contribution in [0.2, 0.25) is 0 Å². The number of hydrogen-bond donors (Lipinski definition) is 7. The molecule has 6 amide bonds. The number of nitrogens with one attached hydrogen (secondary N) is 5. The van der Waals surface area contributed by atoms with Crippen molar-refractivity contribution in [1.29, 1.82) is 0 Å². The normalized spacial score (nSPS) is 12.8. The first-order chi connectivity index (χ1) is 37.1. The van der Waals surface area contributed by atoms with Gasteiger partial charge in [0, 0.05) is 30.6 Å². The number of ketones is 1. The van der Waals surface area contributed by atoms with E-state index in [-0.39, 0.29) is 89.2 Å². The maximum atomic E-state index is 13.5. The van der Waals surface area contributed by atoms with Crippen molar-refractivity contribution in [2.24, 2.45) is 28.2 Å². The number of anilines is 1. The molecule has 1 unspecified atom stereocenters. The lowest BCUT2D eigenvalue weighted by Gasteiger charge is -2.25. The number of amides is 6. The first kappa shape index (κ1) is 68.4. The van der Waals surface area contributed by atoms with E-state index in [1.54, 1.807) is 69.8 Å². The van der Waals surface area contributed by atoms with Crippen LogP contribution >= 0.6 is 0 Å². The molecule has 442 valence electrons. The second kappa shape index (κ2) is 38.8. The van der Waals surface area contributed by atoms with Crippen LogP contribution in [0.5, 0.6) is 0 Å².